The van der Waals surface area contributed by atoms with Crippen molar-refractivity contribution >= 4 is 0 Å². The molecule has 0 aromatic heterocycles. The van der Waals surface area contributed by atoms with Crippen LogP contribution in [0.25, 0.3) is 0 Å². The van der Waals surface area contributed by atoms with Gasteiger partial charge in [-0.2, -0.15) is 0 Å². The third-order valence-corrected chi connectivity index (χ3v) is 2.35. The zero-order valence-corrected chi connectivity index (χ0v) is 8.41. The minimum absolute atomic E-state index is 0.161. The molecule has 2 aromatic rings. The van der Waals surface area contributed by atoms with Crippen molar-refractivity contribution in [2.75, 3.05) is 0 Å². The van der Waals surface area contributed by atoms with Crippen LogP contribution in [0.4, 0.5) is 4.39 Å². The van der Waals surface area contributed by atoms with E-state index in [1.165, 1.54) is 6.07 Å². The highest BCUT2D eigenvalue weighted by Gasteiger charge is 2.02. The van der Waals surface area contributed by atoms with Crippen LogP contribution in [-0.4, -0.2) is 0 Å². The smallest absolute Gasteiger partial charge is 0.126 e. The van der Waals surface area contributed by atoms with Gasteiger partial charge in [-0.05, 0) is 29.7 Å². The molecule has 2 rings (SSSR count). The molecular formula is C14H12F. The lowest BCUT2D eigenvalue weighted by Gasteiger charge is -2.04. The average Bonchev–Trinajstić information content (AvgIpc) is 2.25. The Hall–Kier alpha value is -1.63. The summed E-state index contributed by atoms with van der Waals surface area (Å²) in [6.07, 6.45) is 0.621. The van der Waals surface area contributed by atoms with E-state index in [4.69, 9.17) is 0 Å². The zero-order valence-electron chi connectivity index (χ0n) is 8.41. The molecule has 0 bridgehead atoms. The summed E-state index contributed by atoms with van der Waals surface area (Å²) in [7, 11) is 0. The van der Waals surface area contributed by atoms with Crippen LogP contribution in [0.3, 0.4) is 0 Å². The van der Waals surface area contributed by atoms with Crippen molar-refractivity contribution in [1.29, 1.82) is 0 Å². The van der Waals surface area contributed by atoms with E-state index >= 15 is 0 Å². The Balaban J connectivity index is 2.28. The van der Waals surface area contributed by atoms with Crippen LogP contribution in [0.5, 0.6) is 0 Å². The largest absolute Gasteiger partial charge is 0.207 e. The van der Waals surface area contributed by atoms with E-state index in [1.807, 2.05) is 30.3 Å². The first-order valence-electron chi connectivity index (χ1n) is 4.90. The molecule has 0 saturated heterocycles. The van der Waals surface area contributed by atoms with E-state index in [2.05, 4.69) is 6.92 Å². The van der Waals surface area contributed by atoms with Gasteiger partial charge in [-0.3, -0.25) is 0 Å². The molecule has 0 unspecified atom stereocenters. The van der Waals surface area contributed by atoms with Gasteiger partial charge in [0.15, 0.2) is 0 Å². The van der Waals surface area contributed by atoms with Crippen LogP contribution in [0.2, 0.25) is 0 Å². The highest BCUT2D eigenvalue weighted by Crippen LogP contribution is 2.14. The fourth-order valence-electron chi connectivity index (χ4n) is 1.58. The average molecular weight is 199 g/mol. The van der Waals surface area contributed by atoms with Crippen molar-refractivity contribution in [3.8, 4) is 0 Å². The summed E-state index contributed by atoms with van der Waals surface area (Å²) in [5, 5.41) is 0. The van der Waals surface area contributed by atoms with Crippen molar-refractivity contribution in [2.24, 2.45) is 0 Å². The summed E-state index contributed by atoms with van der Waals surface area (Å²) in [6, 6.07) is 14.8. The molecule has 0 amide bonds. The highest BCUT2D eigenvalue weighted by molar-refractivity contribution is 5.31. The summed E-state index contributed by atoms with van der Waals surface area (Å²) in [5.74, 6) is -0.161. The van der Waals surface area contributed by atoms with Crippen LogP contribution in [0.1, 0.15) is 16.7 Å². The maximum atomic E-state index is 13.4. The predicted molar refractivity (Wildman–Crippen MR) is 60.1 cm³/mol. The van der Waals surface area contributed by atoms with Crippen molar-refractivity contribution in [3.63, 3.8) is 0 Å². The van der Waals surface area contributed by atoms with Crippen molar-refractivity contribution in [1.82, 2.24) is 0 Å². The van der Waals surface area contributed by atoms with E-state index in [-0.39, 0.29) is 5.82 Å². The molecule has 0 heterocycles. The Labute approximate surface area is 89.4 Å². The quantitative estimate of drug-likeness (QED) is 0.693. The Morgan fingerprint density at radius 2 is 1.73 bits per heavy atom. The third-order valence-electron chi connectivity index (χ3n) is 2.35. The highest BCUT2D eigenvalue weighted by atomic mass is 19.1. The number of hydrogen-bond acceptors (Lipinski definition) is 0. The molecule has 1 heteroatoms. The monoisotopic (exact) mass is 199 g/mol. The van der Waals surface area contributed by atoms with Crippen LogP contribution < -0.4 is 0 Å². The van der Waals surface area contributed by atoms with E-state index in [0.717, 1.165) is 11.1 Å². The Morgan fingerprint density at radius 3 is 2.47 bits per heavy atom. The molecule has 0 atom stereocenters. The Kier molecular flexibility index (Phi) is 2.82. The summed E-state index contributed by atoms with van der Waals surface area (Å²) < 4.78 is 13.4. The van der Waals surface area contributed by atoms with Gasteiger partial charge >= 0.3 is 0 Å². The lowest BCUT2D eigenvalue weighted by Crippen LogP contribution is -1.93. The molecule has 75 valence electrons. The molecule has 1 radical (unpaired) electrons. The second-order valence-corrected chi connectivity index (χ2v) is 3.59. The molecule has 2 aromatic carbocycles. The SMILES string of the molecule is [CH2]c1ccc(F)c(Cc2ccccc2)c1. The van der Waals surface area contributed by atoms with Crippen molar-refractivity contribution in [2.45, 2.75) is 6.42 Å². The summed E-state index contributed by atoms with van der Waals surface area (Å²) in [4.78, 5) is 0. The number of halogens is 1. The van der Waals surface area contributed by atoms with Gasteiger partial charge < -0.3 is 0 Å². The van der Waals surface area contributed by atoms with Crippen molar-refractivity contribution < 1.29 is 4.39 Å². The maximum absolute atomic E-state index is 13.4. The zero-order chi connectivity index (χ0) is 10.7. The van der Waals surface area contributed by atoms with Crippen molar-refractivity contribution in [3.05, 3.63) is 78.0 Å². The van der Waals surface area contributed by atoms with E-state index in [9.17, 15) is 4.39 Å². The Bertz CT molecular complexity index is 446. The molecule has 0 nitrogen and oxygen atoms in total. The van der Waals surface area contributed by atoms with Gasteiger partial charge in [0.25, 0.3) is 0 Å². The first-order chi connectivity index (χ1) is 7.25. The molecule has 0 fully saturated rings. The fraction of sp³-hybridized carbons (Fsp3) is 0.0714. The second-order valence-electron chi connectivity index (χ2n) is 3.59. The maximum Gasteiger partial charge on any atom is 0.126 e. The molecule has 15 heavy (non-hydrogen) atoms. The predicted octanol–water partition coefficient (Wildman–Crippen LogP) is 3.60. The van der Waals surface area contributed by atoms with Gasteiger partial charge in [0, 0.05) is 6.42 Å². The van der Waals surface area contributed by atoms with Gasteiger partial charge in [0.2, 0.25) is 0 Å². The fourth-order valence-corrected chi connectivity index (χ4v) is 1.58. The van der Waals surface area contributed by atoms with E-state index in [0.29, 0.717) is 12.0 Å². The van der Waals surface area contributed by atoms with E-state index < -0.39 is 0 Å². The van der Waals surface area contributed by atoms with Crippen LogP contribution in [0, 0.1) is 12.7 Å². The standard InChI is InChI=1S/C14H12F/c1-11-7-8-14(15)13(9-11)10-12-5-3-2-4-6-12/h2-9H,1,10H2. The van der Waals surface area contributed by atoms with Crippen LogP contribution >= 0.6 is 0 Å². The summed E-state index contributed by atoms with van der Waals surface area (Å²) in [6.45, 7) is 3.80. The third kappa shape index (κ3) is 2.44. The topological polar surface area (TPSA) is 0 Å². The molecule has 0 spiro atoms. The molecular weight excluding hydrogens is 187 g/mol. The normalized spacial score (nSPS) is 10.3. The number of benzene rings is 2. The first-order valence-corrected chi connectivity index (χ1v) is 4.90. The van der Waals surface area contributed by atoms with Gasteiger partial charge in [0.1, 0.15) is 5.82 Å². The number of rotatable bonds is 2. The molecule has 0 saturated carbocycles. The van der Waals surface area contributed by atoms with Gasteiger partial charge in [-0.25, -0.2) is 4.39 Å². The molecule has 0 aliphatic rings. The lowest BCUT2D eigenvalue weighted by atomic mass is 10.0. The number of hydrogen-bond donors (Lipinski definition) is 0. The first kappa shape index (κ1) is 9.91. The minimum atomic E-state index is -0.161. The lowest BCUT2D eigenvalue weighted by molar-refractivity contribution is 0.613. The van der Waals surface area contributed by atoms with Crippen LogP contribution in [0.15, 0.2) is 48.5 Å². The molecule has 0 N–H and O–H groups in total. The summed E-state index contributed by atoms with van der Waals surface area (Å²) in [5.41, 5.74) is 2.66. The van der Waals surface area contributed by atoms with Gasteiger partial charge in [-0.15, -0.1) is 0 Å². The molecule has 0 aliphatic heterocycles. The van der Waals surface area contributed by atoms with Crippen LogP contribution in [-0.2, 0) is 6.42 Å². The van der Waals surface area contributed by atoms with E-state index in [1.54, 1.807) is 12.1 Å². The molecule has 0 aliphatic carbocycles. The Morgan fingerprint density at radius 1 is 1.00 bits per heavy atom. The minimum Gasteiger partial charge on any atom is -0.207 e. The van der Waals surface area contributed by atoms with Gasteiger partial charge in [-0.1, -0.05) is 42.5 Å². The van der Waals surface area contributed by atoms with Gasteiger partial charge in [0.05, 0.1) is 0 Å². The summed E-state index contributed by atoms with van der Waals surface area (Å²) >= 11 is 0. The second kappa shape index (κ2) is 4.26.